The number of nitrogens with one attached hydrogen (secondary N) is 1. The van der Waals surface area contributed by atoms with E-state index in [-0.39, 0.29) is 11.8 Å². The second kappa shape index (κ2) is 6.27. The van der Waals surface area contributed by atoms with E-state index in [2.05, 4.69) is 20.3 Å². The van der Waals surface area contributed by atoms with Crippen LogP contribution in [-0.4, -0.2) is 28.6 Å². The van der Waals surface area contributed by atoms with Crippen LogP contribution in [0.15, 0.2) is 18.2 Å². The first-order valence-corrected chi connectivity index (χ1v) is 6.47. The molecule has 1 aromatic carbocycles. The van der Waals surface area contributed by atoms with Gasteiger partial charge in [0, 0.05) is 12.6 Å². The molecule has 106 valence electrons. The molecule has 1 N–H and O–H groups in total. The zero-order valence-electron chi connectivity index (χ0n) is 11.8. The van der Waals surface area contributed by atoms with E-state index in [0.29, 0.717) is 29.5 Å². The van der Waals surface area contributed by atoms with Crippen molar-refractivity contribution in [3.8, 4) is 17.4 Å². The van der Waals surface area contributed by atoms with E-state index in [1.807, 2.05) is 6.92 Å². The van der Waals surface area contributed by atoms with Crippen molar-refractivity contribution in [1.82, 2.24) is 15.0 Å². The van der Waals surface area contributed by atoms with Gasteiger partial charge in [-0.05, 0) is 25.0 Å². The van der Waals surface area contributed by atoms with E-state index < -0.39 is 0 Å². The van der Waals surface area contributed by atoms with Crippen molar-refractivity contribution in [1.29, 1.82) is 0 Å². The normalized spacial score (nSPS) is 10.4. The molecule has 0 bridgehead atoms. The summed E-state index contributed by atoms with van der Waals surface area (Å²) < 4.78 is 19.1. The first kappa shape index (κ1) is 14.2. The molecule has 20 heavy (non-hydrogen) atoms. The molecule has 1 heterocycles. The molecular weight excluding hydrogens is 259 g/mol. The minimum absolute atomic E-state index is 0.238. The topological polar surface area (TPSA) is 59.9 Å². The van der Waals surface area contributed by atoms with Crippen LogP contribution in [0.2, 0.25) is 0 Å². The summed E-state index contributed by atoms with van der Waals surface area (Å²) >= 11 is 0. The monoisotopic (exact) mass is 276 g/mol. The van der Waals surface area contributed by atoms with Crippen molar-refractivity contribution in [3.63, 3.8) is 0 Å². The molecule has 0 saturated carbocycles. The number of hydrogen-bond acceptors (Lipinski definition) is 5. The Hall–Kier alpha value is -2.24. The van der Waals surface area contributed by atoms with Gasteiger partial charge < -0.3 is 10.1 Å². The molecule has 0 spiro atoms. The summed E-state index contributed by atoms with van der Waals surface area (Å²) in [4.78, 5) is 12.5. The Bertz CT molecular complexity index is 604. The number of halogens is 1. The number of aryl methyl sites for hydroxylation is 1. The fourth-order valence-corrected chi connectivity index (χ4v) is 1.59. The fraction of sp³-hybridized carbons (Fsp3) is 0.357. The first-order chi connectivity index (χ1) is 9.63. The van der Waals surface area contributed by atoms with Crippen LogP contribution in [0.1, 0.15) is 18.9 Å². The van der Waals surface area contributed by atoms with E-state index in [4.69, 9.17) is 4.74 Å². The van der Waals surface area contributed by atoms with Crippen LogP contribution in [0, 0.1) is 12.7 Å². The van der Waals surface area contributed by atoms with Crippen LogP contribution in [0.3, 0.4) is 0 Å². The third-order valence-electron chi connectivity index (χ3n) is 2.70. The van der Waals surface area contributed by atoms with Gasteiger partial charge in [-0.3, -0.25) is 0 Å². The molecule has 0 aliphatic heterocycles. The predicted molar refractivity (Wildman–Crippen MR) is 75.3 cm³/mol. The van der Waals surface area contributed by atoms with Crippen molar-refractivity contribution in [2.45, 2.75) is 20.3 Å². The second-order valence-electron chi connectivity index (χ2n) is 4.33. The third-order valence-corrected chi connectivity index (χ3v) is 2.70. The Labute approximate surface area is 117 Å². The van der Waals surface area contributed by atoms with Crippen molar-refractivity contribution in [3.05, 3.63) is 29.6 Å². The molecular formula is C14H17FN4O. The van der Waals surface area contributed by atoms with Crippen LogP contribution < -0.4 is 10.1 Å². The maximum atomic E-state index is 13.6. The molecule has 6 heteroatoms. The number of benzene rings is 1. The number of nitrogens with zero attached hydrogens (tertiary/aromatic N) is 3. The molecule has 0 aliphatic carbocycles. The smallest absolute Gasteiger partial charge is 0.321 e. The molecule has 1 aromatic heterocycles. The van der Waals surface area contributed by atoms with Crippen LogP contribution in [0.25, 0.3) is 11.4 Å². The van der Waals surface area contributed by atoms with Gasteiger partial charge in [0.05, 0.1) is 6.61 Å². The first-order valence-electron chi connectivity index (χ1n) is 6.47. The fourth-order valence-electron chi connectivity index (χ4n) is 1.59. The third kappa shape index (κ3) is 3.20. The highest BCUT2D eigenvalue weighted by atomic mass is 19.1. The Morgan fingerprint density at radius 2 is 2.05 bits per heavy atom. The van der Waals surface area contributed by atoms with Crippen molar-refractivity contribution >= 4 is 5.95 Å². The SMILES string of the molecule is CCCOc1nc(NC)nc(-c2ccc(C)c(F)c2)n1. The Morgan fingerprint density at radius 3 is 2.70 bits per heavy atom. The molecule has 2 aromatic rings. The number of ether oxygens (including phenoxy) is 1. The molecule has 0 atom stereocenters. The molecule has 0 unspecified atom stereocenters. The highest BCUT2D eigenvalue weighted by Crippen LogP contribution is 2.21. The van der Waals surface area contributed by atoms with Gasteiger partial charge in [0.25, 0.3) is 0 Å². The number of hydrogen-bond donors (Lipinski definition) is 1. The molecule has 0 saturated heterocycles. The molecule has 5 nitrogen and oxygen atoms in total. The van der Waals surface area contributed by atoms with Gasteiger partial charge in [0.2, 0.25) is 5.95 Å². The number of anilines is 1. The van der Waals surface area contributed by atoms with E-state index in [9.17, 15) is 4.39 Å². The van der Waals surface area contributed by atoms with Crippen molar-refractivity contribution < 1.29 is 9.13 Å². The Kier molecular flexibility index (Phi) is 4.45. The second-order valence-corrected chi connectivity index (χ2v) is 4.33. The van der Waals surface area contributed by atoms with Gasteiger partial charge in [0.1, 0.15) is 5.82 Å². The Morgan fingerprint density at radius 1 is 1.25 bits per heavy atom. The van der Waals surface area contributed by atoms with Crippen molar-refractivity contribution in [2.24, 2.45) is 0 Å². The van der Waals surface area contributed by atoms with Crippen LogP contribution in [0.5, 0.6) is 6.01 Å². The lowest BCUT2D eigenvalue weighted by Crippen LogP contribution is -2.06. The van der Waals surface area contributed by atoms with E-state index >= 15 is 0 Å². The molecule has 0 amide bonds. The summed E-state index contributed by atoms with van der Waals surface area (Å²) in [5.41, 5.74) is 1.17. The van der Waals surface area contributed by atoms with E-state index in [1.54, 1.807) is 26.1 Å². The Balaban J connectivity index is 2.41. The van der Waals surface area contributed by atoms with Crippen LogP contribution in [0.4, 0.5) is 10.3 Å². The summed E-state index contributed by atoms with van der Waals surface area (Å²) in [5.74, 6) is 0.487. The minimum atomic E-state index is -0.287. The average molecular weight is 276 g/mol. The van der Waals surface area contributed by atoms with Gasteiger partial charge in [-0.1, -0.05) is 19.1 Å². The lowest BCUT2D eigenvalue weighted by molar-refractivity contribution is 0.292. The number of rotatable bonds is 5. The summed E-state index contributed by atoms with van der Waals surface area (Å²) in [6.07, 6.45) is 0.856. The molecule has 2 rings (SSSR count). The van der Waals surface area contributed by atoms with E-state index in [1.165, 1.54) is 6.07 Å². The maximum absolute atomic E-state index is 13.6. The predicted octanol–water partition coefficient (Wildman–Crippen LogP) is 2.82. The highest BCUT2D eigenvalue weighted by Gasteiger charge is 2.10. The van der Waals surface area contributed by atoms with Gasteiger partial charge >= 0.3 is 6.01 Å². The minimum Gasteiger partial charge on any atom is -0.463 e. The quantitative estimate of drug-likeness (QED) is 0.910. The van der Waals surface area contributed by atoms with E-state index in [0.717, 1.165) is 6.42 Å². The lowest BCUT2D eigenvalue weighted by atomic mass is 10.1. The van der Waals surface area contributed by atoms with Crippen molar-refractivity contribution in [2.75, 3.05) is 19.0 Å². The summed E-state index contributed by atoms with van der Waals surface area (Å²) in [6.45, 7) is 4.23. The summed E-state index contributed by atoms with van der Waals surface area (Å²) in [5, 5.41) is 2.84. The van der Waals surface area contributed by atoms with Gasteiger partial charge in [-0.25, -0.2) is 4.39 Å². The average Bonchev–Trinajstić information content (AvgIpc) is 2.47. The summed E-state index contributed by atoms with van der Waals surface area (Å²) in [6, 6.07) is 5.12. The van der Waals surface area contributed by atoms with Gasteiger partial charge in [-0.2, -0.15) is 15.0 Å². The zero-order valence-corrected chi connectivity index (χ0v) is 11.8. The standard InChI is InChI=1S/C14H17FN4O/c1-4-7-20-14-18-12(17-13(16-3)19-14)10-6-5-9(2)11(15)8-10/h5-6,8H,4,7H2,1-3H3,(H,16,17,18,19). The van der Waals surface area contributed by atoms with Crippen LogP contribution in [-0.2, 0) is 0 Å². The molecule has 0 fully saturated rings. The highest BCUT2D eigenvalue weighted by molar-refractivity contribution is 5.57. The summed E-state index contributed by atoms with van der Waals surface area (Å²) in [7, 11) is 1.71. The molecule has 0 radical (unpaired) electrons. The van der Waals surface area contributed by atoms with Crippen LogP contribution >= 0.6 is 0 Å². The zero-order chi connectivity index (χ0) is 14.5. The van der Waals surface area contributed by atoms with Gasteiger partial charge in [-0.15, -0.1) is 0 Å². The maximum Gasteiger partial charge on any atom is 0.321 e. The molecule has 0 aliphatic rings. The number of aromatic nitrogens is 3. The lowest BCUT2D eigenvalue weighted by Gasteiger charge is -2.08. The largest absolute Gasteiger partial charge is 0.463 e. The van der Waals surface area contributed by atoms with Gasteiger partial charge in [0.15, 0.2) is 5.82 Å².